The van der Waals surface area contributed by atoms with Gasteiger partial charge in [0, 0.05) is 5.39 Å². The van der Waals surface area contributed by atoms with Crippen LogP contribution in [0, 0.1) is 0 Å². The van der Waals surface area contributed by atoms with E-state index in [4.69, 9.17) is 11.6 Å². The molecule has 3 rings (SSSR count). The van der Waals surface area contributed by atoms with Crippen molar-refractivity contribution in [2.24, 2.45) is 0 Å². The lowest BCUT2D eigenvalue weighted by Crippen LogP contribution is -2.13. The third-order valence-electron chi connectivity index (χ3n) is 2.76. The van der Waals surface area contributed by atoms with Gasteiger partial charge in [-0.15, -0.1) is 5.10 Å². The summed E-state index contributed by atoms with van der Waals surface area (Å²) in [6, 6.07) is 10.8. The molecular formula is C13H9ClN4O. The average Bonchev–Trinajstić information content (AvgIpc) is 2.45. The Hall–Kier alpha value is -2.27. The molecule has 0 atom stereocenters. The SMILES string of the molecule is O=c1cnn(Cc2ccc(Cl)nn2)c2ccccc12. The number of rotatable bonds is 2. The Labute approximate surface area is 113 Å². The zero-order chi connectivity index (χ0) is 13.2. The van der Waals surface area contributed by atoms with Crippen LogP contribution >= 0.6 is 11.6 Å². The van der Waals surface area contributed by atoms with E-state index in [1.165, 1.54) is 6.20 Å². The minimum absolute atomic E-state index is 0.0889. The van der Waals surface area contributed by atoms with Crippen LogP contribution in [0.3, 0.4) is 0 Å². The fraction of sp³-hybridized carbons (Fsp3) is 0.0769. The summed E-state index contributed by atoms with van der Waals surface area (Å²) in [5, 5.41) is 12.9. The number of halogens is 1. The second-order valence-corrected chi connectivity index (χ2v) is 4.42. The summed E-state index contributed by atoms with van der Waals surface area (Å²) in [5.41, 5.74) is 1.41. The van der Waals surface area contributed by atoms with E-state index in [1.54, 1.807) is 22.9 Å². The van der Waals surface area contributed by atoms with Gasteiger partial charge in [0.15, 0.2) is 5.15 Å². The molecule has 0 spiro atoms. The van der Waals surface area contributed by atoms with E-state index in [-0.39, 0.29) is 5.43 Å². The van der Waals surface area contributed by atoms with Gasteiger partial charge in [-0.3, -0.25) is 9.48 Å². The minimum Gasteiger partial charge on any atom is -0.287 e. The molecule has 1 aromatic carbocycles. The number of para-hydroxylation sites is 1. The standard InChI is InChI=1S/C13H9ClN4O/c14-13-6-5-9(16-17-13)8-18-11-4-2-1-3-10(11)12(19)7-15-18/h1-7H,8H2. The van der Waals surface area contributed by atoms with Crippen LogP contribution in [0.5, 0.6) is 0 Å². The van der Waals surface area contributed by atoms with Gasteiger partial charge in [0.25, 0.3) is 0 Å². The van der Waals surface area contributed by atoms with Gasteiger partial charge in [0.2, 0.25) is 5.43 Å². The molecule has 0 saturated heterocycles. The molecule has 19 heavy (non-hydrogen) atoms. The summed E-state index contributed by atoms with van der Waals surface area (Å²) >= 11 is 5.69. The van der Waals surface area contributed by atoms with Gasteiger partial charge >= 0.3 is 0 Å². The molecule has 6 heteroatoms. The largest absolute Gasteiger partial charge is 0.287 e. The summed E-state index contributed by atoms with van der Waals surface area (Å²) in [7, 11) is 0. The van der Waals surface area contributed by atoms with Crippen LogP contribution in [0.2, 0.25) is 5.15 Å². The molecule has 2 heterocycles. The molecule has 94 valence electrons. The van der Waals surface area contributed by atoms with Crippen molar-refractivity contribution in [1.82, 2.24) is 20.0 Å². The maximum absolute atomic E-state index is 11.7. The van der Waals surface area contributed by atoms with E-state index in [1.807, 2.05) is 18.2 Å². The van der Waals surface area contributed by atoms with Crippen molar-refractivity contribution in [3.8, 4) is 0 Å². The van der Waals surface area contributed by atoms with Crippen LogP contribution in [0.15, 0.2) is 47.4 Å². The predicted octanol–water partition coefficient (Wildman–Crippen LogP) is 1.89. The minimum atomic E-state index is -0.0889. The van der Waals surface area contributed by atoms with Crippen molar-refractivity contribution in [1.29, 1.82) is 0 Å². The highest BCUT2D eigenvalue weighted by Gasteiger charge is 2.05. The molecule has 0 radical (unpaired) electrons. The van der Waals surface area contributed by atoms with Gasteiger partial charge in [0.1, 0.15) is 0 Å². The third-order valence-corrected chi connectivity index (χ3v) is 2.96. The summed E-state index contributed by atoms with van der Waals surface area (Å²) in [5.74, 6) is 0. The first-order chi connectivity index (χ1) is 9.24. The Bertz CT molecular complexity index is 783. The van der Waals surface area contributed by atoms with Crippen molar-refractivity contribution in [2.75, 3.05) is 0 Å². The lowest BCUT2D eigenvalue weighted by Gasteiger charge is -2.08. The topological polar surface area (TPSA) is 60.7 Å². The molecule has 0 N–H and O–H groups in total. The van der Waals surface area contributed by atoms with Crippen LogP contribution in [0.25, 0.3) is 10.9 Å². The molecular weight excluding hydrogens is 264 g/mol. The van der Waals surface area contributed by atoms with Gasteiger partial charge < -0.3 is 0 Å². The molecule has 5 nitrogen and oxygen atoms in total. The Morgan fingerprint density at radius 1 is 1.11 bits per heavy atom. The van der Waals surface area contributed by atoms with Crippen molar-refractivity contribution in [3.63, 3.8) is 0 Å². The summed E-state index contributed by atoms with van der Waals surface area (Å²) in [6.07, 6.45) is 1.31. The Kier molecular flexibility index (Phi) is 2.97. The fourth-order valence-corrected chi connectivity index (χ4v) is 1.97. The van der Waals surface area contributed by atoms with Crippen LogP contribution in [-0.2, 0) is 6.54 Å². The van der Waals surface area contributed by atoms with Crippen LogP contribution in [-0.4, -0.2) is 20.0 Å². The van der Waals surface area contributed by atoms with Crippen molar-refractivity contribution in [2.45, 2.75) is 6.54 Å². The monoisotopic (exact) mass is 272 g/mol. The lowest BCUT2D eigenvalue weighted by molar-refractivity contribution is 0.671. The number of hydrogen-bond acceptors (Lipinski definition) is 4. The normalized spacial score (nSPS) is 10.8. The second kappa shape index (κ2) is 4.78. The van der Waals surface area contributed by atoms with Crippen LogP contribution < -0.4 is 5.43 Å². The number of nitrogens with zero attached hydrogens (tertiary/aromatic N) is 4. The number of benzene rings is 1. The zero-order valence-electron chi connectivity index (χ0n) is 9.82. The highest BCUT2D eigenvalue weighted by Crippen LogP contribution is 2.10. The summed E-state index contributed by atoms with van der Waals surface area (Å²) in [6.45, 7) is 0.435. The number of aromatic nitrogens is 4. The molecule has 0 bridgehead atoms. The van der Waals surface area contributed by atoms with E-state index < -0.39 is 0 Å². The van der Waals surface area contributed by atoms with Gasteiger partial charge in [0.05, 0.1) is 24.0 Å². The van der Waals surface area contributed by atoms with Gasteiger partial charge in [-0.1, -0.05) is 23.7 Å². The molecule has 0 aliphatic carbocycles. The molecule has 0 fully saturated rings. The molecule has 3 aromatic rings. The van der Waals surface area contributed by atoms with Crippen molar-refractivity contribution in [3.05, 3.63) is 63.7 Å². The molecule has 0 aliphatic rings. The summed E-state index contributed by atoms with van der Waals surface area (Å²) < 4.78 is 1.72. The molecule has 0 unspecified atom stereocenters. The van der Waals surface area contributed by atoms with E-state index in [2.05, 4.69) is 15.3 Å². The van der Waals surface area contributed by atoms with Crippen LogP contribution in [0.1, 0.15) is 5.69 Å². The number of hydrogen-bond donors (Lipinski definition) is 0. The first kappa shape index (κ1) is 11.8. The van der Waals surface area contributed by atoms with Gasteiger partial charge in [-0.05, 0) is 24.3 Å². The Balaban J connectivity index is 2.08. The first-order valence-electron chi connectivity index (χ1n) is 5.67. The highest BCUT2D eigenvalue weighted by atomic mass is 35.5. The van der Waals surface area contributed by atoms with E-state index >= 15 is 0 Å². The summed E-state index contributed by atoms with van der Waals surface area (Å²) in [4.78, 5) is 11.7. The highest BCUT2D eigenvalue weighted by molar-refractivity contribution is 6.29. The van der Waals surface area contributed by atoms with Gasteiger partial charge in [-0.25, -0.2) is 0 Å². The van der Waals surface area contributed by atoms with E-state index in [9.17, 15) is 4.79 Å². The van der Waals surface area contributed by atoms with Crippen molar-refractivity contribution < 1.29 is 0 Å². The zero-order valence-corrected chi connectivity index (χ0v) is 10.6. The smallest absolute Gasteiger partial charge is 0.207 e. The maximum Gasteiger partial charge on any atom is 0.207 e. The van der Waals surface area contributed by atoms with E-state index in [0.717, 1.165) is 11.2 Å². The molecule has 0 aliphatic heterocycles. The van der Waals surface area contributed by atoms with Crippen molar-refractivity contribution >= 4 is 22.5 Å². The van der Waals surface area contributed by atoms with E-state index in [0.29, 0.717) is 17.1 Å². The molecule has 2 aromatic heterocycles. The quantitative estimate of drug-likeness (QED) is 0.715. The van der Waals surface area contributed by atoms with Crippen LogP contribution in [0.4, 0.5) is 0 Å². The molecule has 0 amide bonds. The Morgan fingerprint density at radius 2 is 1.95 bits per heavy atom. The fourth-order valence-electron chi connectivity index (χ4n) is 1.87. The first-order valence-corrected chi connectivity index (χ1v) is 6.05. The third kappa shape index (κ3) is 2.32. The predicted molar refractivity (Wildman–Crippen MR) is 72.1 cm³/mol. The number of fused-ring (bicyclic) bond motifs is 1. The Morgan fingerprint density at radius 3 is 2.74 bits per heavy atom. The lowest BCUT2D eigenvalue weighted by atomic mass is 10.2. The second-order valence-electron chi connectivity index (χ2n) is 4.03. The maximum atomic E-state index is 11.7. The molecule has 0 saturated carbocycles. The van der Waals surface area contributed by atoms with Gasteiger partial charge in [-0.2, -0.15) is 10.2 Å². The average molecular weight is 273 g/mol.